The Morgan fingerprint density at radius 3 is 3.17 bits per heavy atom. The van der Waals surface area contributed by atoms with Crippen LogP contribution in [0.5, 0.6) is 0 Å². The van der Waals surface area contributed by atoms with Crippen LogP contribution in [-0.4, -0.2) is 26.9 Å². The van der Waals surface area contributed by atoms with Gasteiger partial charge in [0.25, 0.3) is 0 Å². The molecule has 0 aliphatic heterocycles. The predicted molar refractivity (Wildman–Crippen MR) is 68.4 cm³/mol. The van der Waals surface area contributed by atoms with Gasteiger partial charge < -0.3 is 20.8 Å². The molecule has 0 saturated carbocycles. The zero-order valence-corrected chi connectivity index (χ0v) is 10.6. The Morgan fingerprint density at radius 2 is 2.50 bits per heavy atom. The van der Waals surface area contributed by atoms with Crippen LogP contribution in [-0.2, 0) is 11.3 Å². The first-order valence-electron chi connectivity index (χ1n) is 5.35. The Morgan fingerprint density at radius 1 is 1.67 bits per heavy atom. The summed E-state index contributed by atoms with van der Waals surface area (Å²) in [5, 5.41) is 3.68. The summed E-state index contributed by atoms with van der Waals surface area (Å²) in [7, 11) is 0. The van der Waals surface area contributed by atoms with Crippen LogP contribution in [0.15, 0.2) is 12.5 Å². The standard InChI is InChI=1S/C10H13N5O2S/c1-2-17-10(16)7-8(11)15-18-9(7)13-4-6-3-12-5-14-6/h3,5,13H,2,4H2,1H3,(H2,11,15)(H,12,14). The maximum absolute atomic E-state index is 11.7. The van der Waals surface area contributed by atoms with Gasteiger partial charge in [-0.25, -0.2) is 9.78 Å². The number of esters is 1. The molecule has 0 spiro atoms. The van der Waals surface area contributed by atoms with Crippen LogP contribution in [0.2, 0.25) is 0 Å². The lowest BCUT2D eigenvalue weighted by Gasteiger charge is -2.05. The molecular formula is C10H13N5O2S. The second-order valence-corrected chi connectivity index (χ2v) is 4.20. The smallest absolute Gasteiger partial charge is 0.344 e. The van der Waals surface area contributed by atoms with Crippen molar-refractivity contribution >= 4 is 28.3 Å². The van der Waals surface area contributed by atoms with Gasteiger partial charge in [0.05, 0.1) is 25.2 Å². The topological polar surface area (TPSA) is 106 Å². The number of hydrogen-bond donors (Lipinski definition) is 3. The Labute approximate surface area is 108 Å². The van der Waals surface area contributed by atoms with Crippen molar-refractivity contribution in [1.29, 1.82) is 0 Å². The van der Waals surface area contributed by atoms with Crippen LogP contribution in [0.25, 0.3) is 0 Å². The molecule has 0 atom stereocenters. The minimum absolute atomic E-state index is 0.186. The number of carbonyl (C=O) groups excluding carboxylic acids is 1. The first kappa shape index (κ1) is 12.4. The number of hydrogen-bond acceptors (Lipinski definition) is 7. The van der Waals surface area contributed by atoms with Gasteiger partial charge >= 0.3 is 5.97 Å². The number of H-pyrrole nitrogens is 1. The van der Waals surface area contributed by atoms with E-state index in [0.717, 1.165) is 17.2 Å². The maximum atomic E-state index is 11.7. The number of carbonyl (C=O) groups is 1. The zero-order valence-electron chi connectivity index (χ0n) is 9.77. The molecule has 0 saturated heterocycles. The lowest BCUT2D eigenvalue weighted by molar-refractivity contribution is 0.0529. The van der Waals surface area contributed by atoms with E-state index in [-0.39, 0.29) is 5.82 Å². The Kier molecular flexibility index (Phi) is 3.78. The molecule has 0 aliphatic carbocycles. The van der Waals surface area contributed by atoms with E-state index >= 15 is 0 Å². The lowest BCUT2D eigenvalue weighted by Crippen LogP contribution is -2.10. The molecule has 18 heavy (non-hydrogen) atoms. The van der Waals surface area contributed by atoms with Gasteiger partial charge in [-0.1, -0.05) is 0 Å². The fourth-order valence-electron chi connectivity index (χ4n) is 1.38. The summed E-state index contributed by atoms with van der Waals surface area (Å²) in [5.41, 5.74) is 6.85. The average Bonchev–Trinajstić information content (AvgIpc) is 2.96. The fourth-order valence-corrected chi connectivity index (χ4v) is 2.08. The van der Waals surface area contributed by atoms with E-state index in [9.17, 15) is 4.79 Å². The van der Waals surface area contributed by atoms with Crippen molar-refractivity contribution in [1.82, 2.24) is 14.3 Å². The Balaban J connectivity index is 2.10. The van der Waals surface area contributed by atoms with Crippen LogP contribution in [0.1, 0.15) is 23.0 Å². The first-order valence-corrected chi connectivity index (χ1v) is 6.13. The van der Waals surface area contributed by atoms with E-state index in [0.29, 0.717) is 23.7 Å². The molecule has 2 aromatic heterocycles. The number of ether oxygens (including phenoxy) is 1. The molecule has 0 unspecified atom stereocenters. The van der Waals surface area contributed by atoms with Crippen LogP contribution in [0, 0.1) is 0 Å². The minimum atomic E-state index is -0.462. The molecule has 7 nitrogen and oxygen atoms in total. The van der Waals surface area contributed by atoms with E-state index in [1.165, 1.54) is 0 Å². The quantitative estimate of drug-likeness (QED) is 0.704. The minimum Gasteiger partial charge on any atom is -0.462 e. The summed E-state index contributed by atoms with van der Waals surface area (Å²) in [4.78, 5) is 18.6. The summed E-state index contributed by atoms with van der Waals surface area (Å²) in [6, 6.07) is 0. The third kappa shape index (κ3) is 2.59. The summed E-state index contributed by atoms with van der Waals surface area (Å²) >= 11 is 1.13. The number of imidazole rings is 1. The highest BCUT2D eigenvalue weighted by atomic mass is 32.1. The molecule has 2 rings (SSSR count). The largest absolute Gasteiger partial charge is 0.462 e. The van der Waals surface area contributed by atoms with Gasteiger partial charge in [0.2, 0.25) is 0 Å². The van der Waals surface area contributed by atoms with E-state index < -0.39 is 5.97 Å². The summed E-state index contributed by atoms with van der Waals surface area (Å²) in [6.45, 7) is 2.55. The van der Waals surface area contributed by atoms with Crippen LogP contribution >= 0.6 is 11.5 Å². The third-order valence-electron chi connectivity index (χ3n) is 2.19. The highest BCUT2D eigenvalue weighted by molar-refractivity contribution is 7.11. The van der Waals surface area contributed by atoms with Gasteiger partial charge in [0.15, 0.2) is 5.82 Å². The normalized spacial score (nSPS) is 10.3. The molecule has 0 amide bonds. The number of nitrogen functional groups attached to an aromatic ring is 1. The molecule has 2 aromatic rings. The highest BCUT2D eigenvalue weighted by Gasteiger charge is 2.20. The second kappa shape index (κ2) is 5.50. The van der Waals surface area contributed by atoms with Crippen molar-refractivity contribution < 1.29 is 9.53 Å². The summed E-state index contributed by atoms with van der Waals surface area (Å²) in [5.74, 6) is -0.276. The molecule has 0 aliphatic rings. The molecule has 2 heterocycles. The van der Waals surface area contributed by atoms with Crippen molar-refractivity contribution in [2.24, 2.45) is 0 Å². The maximum Gasteiger partial charge on any atom is 0.344 e. The molecule has 96 valence electrons. The van der Waals surface area contributed by atoms with E-state index in [4.69, 9.17) is 10.5 Å². The van der Waals surface area contributed by atoms with Gasteiger partial charge in [0.1, 0.15) is 10.6 Å². The van der Waals surface area contributed by atoms with Crippen molar-refractivity contribution in [2.75, 3.05) is 17.7 Å². The number of nitrogens with zero attached hydrogens (tertiary/aromatic N) is 2. The molecular weight excluding hydrogens is 254 g/mol. The predicted octanol–water partition coefficient (Wildman–Crippen LogP) is 1.24. The average molecular weight is 267 g/mol. The highest BCUT2D eigenvalue weighted by Crippen LogP contribution is 2.27. The summed E-state index contributed by atoms with van der Waals surface area (Å²) < 4.78 is 8.88. The van der Waals surface area contributed by atoms with Crippen LogP contribution in [0.4, 0.5) is 10.8 Å². The zero-order chi connectivity index (χ0) is 13.0. The summed E-state index contributed by atoms with van der Waals surface area (Å²) in [6.07, 6.45) is 3.28. The van der Waals surface area contributed by atoms with Crippen molar-refractivity contribution in [3.63, 3.8) is 0 Å². The Hall–Kier alpha value is -2.09. The van der Waals surface area contributed by atoms with Gasteiger partial charge in [0, 0.05) is 6.20 Å². The molecule has 8 heteroatoms. The van der Waals surface area contributed by atoms with Crippen LogP contribution < -0.4 is 11.1 Å². The molecule has 0 aromatic carbocycles. The van der Waals surface area contributed by atoms with E-state index in [1.54, 1.807) is 19.4 Å². The van der Waals surface area contributed by atoms with Crippen molar-refractivity contribution in [3.8, 4) is 0 Å². The molecule has 4 N–H and O–H groups in total. The van der Waals surface area contributed by atoms with Gasteiger partial charge in [-0.3, -0.25) is 0 Å². The van der Waals surface area contributed by atoms with Gasteiger partial charge in [-0.15, -0.1) is 0 Å². The van der Waals surface area contributed by atoms with E-state index in [1.807, 2.05) is 0 Å². The Bertz CT molecular complexity index is 522. The molecule has 0 bridgehead atoms. The first-order chi connectivity index (χ1) is 8.72. The fraction of sp³-hybridized carbons (Fsp3) is 0.300. The monoisotopic (exact) mass is 267 g/mol. The number of aromatic nitrogens is 3. The number of anilines is 2. The second-order valence-electron chi connectivity index (χ2n) is 3.42. The van der Waals surface area contributed by atoms with Crippen molar-refractivity contribution in [3.05, 3.63) is 23.8 Å². The molecule has 0 fully saturated rings. The van der Waals surface area contributed by atoms with Crippen LogP contribution in [0.3, 0.4) is 0 Å². The van der Waals surface area contributed by atoms with E-state index in [2.05, 4.69) is 19.7 Å². The van der Waals surface area contributed by atoms with Gasteiger partial charge in [-0.05, 0) is 18.5 Å². The van der Waals surface area contributed by atoms with Crippen molar-refractivity contribution in [2.45, 2.75) is 13.5 Å². The number of aromatic amines is 1. The molecule has 0 radical (unpaired) electrons. The van der Waals surface area contributed by atoms with Gasteiger partial charge in [-0.2, -0.15) is 4.37 Å². The third-order valence-corrected chi connectivity index (χ3v) is 3.01. The SMILES string of the molecule is CCOC(=O)c1c(N)nsc1NCc1cnc[nH]1. The number of nitrogens with two attached hydrogens (primary N) is 1. The lowest BCUT2D eigenvalue weighted by atomic mass is 10.3. The number of rotatable bonds is 5. The number of nitrogens with one attached hydrogen (secondary N) is 2.